The molecule has 0 atom stereocenters. The SMILES string of the molecule is CC(C)N1CCN(C(=O)c2cc3cc(Nc4nccc(-c5ccccn5)n4)ccc3[nH]2)CC1.CN(C)C1CCN(C(=O)c2cc3cc(Nc4nccc(-c5ccccn5)n4)ccc3[nH]2)CC1.CN(Cc1ccccn1)C(=O)c1cc2cc(Nc3nccc(-c4ccccn4)n3)ccc2[nH]1.COCCN(CCOC)C(=O)c1cc2cc(Nc3nccc(-c4ccccn4)n3)ccc2[nH]1. The summed E-state index contributed by atoms with van der Waals surface area (Å²) in [6.45, 7) is 11.6. The Bertz CT molecular complexity index is 6540. The zero-order chi connectivity index (χ0) is 91.2. The zero-order valence-corrected chi connectivity index (χ0v) is 74.2. The molecule has 2 aliphatic heterocycles. The van der Waals surface area contributed by atoms with Crippen molar-refractivity contribution in [3.8, 4) is 45.6 Å². The van der Waals surface area contributed by atoms with Crippen molar-refractivity contribution in [3.05, 3.63) is 297 Å². The van der Waals surface area contributed by atoms with Crippen LogP contribution in [0.25, 0.3) is 89.2 Å². The molecule has 19 rings (SSSR count). The number of piperidine rings is 1. The topological polar surface area (TPSA) is 385 Å². The van der Waals surface area contributed by atoms with Gasteiger partial charge in [0.05, 0.1) is 71.0 Å². The van der Waals surface area contributed by atoms with Gasteiger partial charge in [0.25, 0.3) is 23.6 Å². The second kappa shape index (κ2) is 42.8. The molecule has 33 nitrogen and oxygen atoms in total. The zero-order valence-electron chi connectivity index (χ0n) is 74.2. The third-order valence-corrected chi connectivity index (χ3v) is 22.5. The molecule has 15 heterocycles. The number of benzene rings is 4. The van der Waals surface area contributed by atoms with Crippen LogP contribution in [0.1, 0.15) is 74.3 Å². The minimum absolute atomic E-state index is 0.0514. The van der Waals surface area contributed by atoms with Gasteiger partial charge in [0, 0.05) is 208 Å². The molecule has 0 radical (unpaired) electrons. The van der Waals surface area contributed by atoms with Gasteiger partial charge in [-0.2, -0.15) is 0 Å². The van der Waals surface area contributed by atoms with Crippen LogP contribution in [-0.4, -0.2) is 251 Å². The highest BCUT2D eigenvalue weighted by Crippen LogP contribution is 2.31. The number of nitrogens with one attached hydrogen (secondary N) is 8. The summed E-state index contributed by atoms with van der Waals surface area (Å²) in [6.07, 6.45) is 17.5. The van der Waals surface area contributed by atoms with Crippen molar-refractivity contribution in [3.63, 3.8) is 0 Å². The molecule has 33 heteroatoms. The second-order valence-corrected chi connectivity index (χ2v) is 32.0. The molecule has 17 aromatic rings. The molecular formula is C99H101N27O6. The number of carbonyl (C=O) groups excluding carboxylic acids is 4. The monoisotopic (exact) mass is 1760 g/mol. The fourth-order valence-electron chi connectivity index (χ4n) is 15.4. The number of anilines is 8. The number of piperazine rings is 1. The van der Waals surface area contributed by atoms with Crippen molar-refractivity contribution in [2.24, 2.45) is 0 Å². The van der Waals surface area contributed by atoms with Gasteiger partial charge in [0.2, 0.25) is 23.8 Å². The van der Waals surface area contributed by atoms with E-state index in [0.717, 1.165) is 170 Å². The van der Waals surface area contributed by atoms with E-state index in [1.807, 2.05) is 222 Å². The number of nitrogens with zero attached hydrogens (tertiary/aromatic N) is 19. The Hall–Kier alpha value is -16.0. The van der Waals surface area contributed by atoms with Crippen LogP contribution in [0.15, 0.2) is 268 Å². The number of aromatic amines is 4. The standard InChI is InChI=1S/2C25H27N7O.C25H21N7O.C24H26N6O3/c1-31(2)19-9-13-32(14-10-19)24(33)23-16-17-15-18(6-7-20(17)29-23)28-25-27-12-8-22(30-25)21-5-3-4-11-26-21;1-17(2)31-11-13-32(14-12-31)24(33)23-16-18-15-19(6-7-20(18)29-23)28-25-27-10-8-22(30-25)21-5-3-4-9-26-21;1-32(16-19-6-2-4-11-26-19)24(33)23-15-17-14-18(8-9-20(17)30-23)29-25-28-13-10-22(31-25)21-7-3-5-12-27-21;1-32-13-11-30(12-14-33-2)23(31)22-16-17-15-18(6-7-19(17)28-22)27-24-26-10-8-21(29-24)20-5-3-4-9-25-20/h3-8,11-12,15-16,19,29H,9-10,13-14H2,1-2H3,(H,27,28,30);3-10,15-17,29H,11-14H2,1-2H3,(H,27,28,30);2-15,30H,16H2,1H3,(H,28,29,31);3-10,15-16,28H,11-14H2,1-2H3,(H,26,27,29). The number of ether oxygens (including phenoxy) is 2. The Morgan fingerprint density at radius 2 is 0.705 bits per heavy atom. The van der Waals surface area contributed by atoms with E-state index in [2.05, 4.69) is 144 Å². The molecule has 0 aliphatic carbocycles. The molecule has 0 saturated carbocycles. The molecule has 0 bridgehead atoms. The fraction of sp³-hybridized carbons (Fsp3) is 0.222. The maximum absolute atomic E-state index is 13.0. The van der Waals surface area contributed by atoms with Gasteiger partial charge in [-0.25, -0.2) is 39.9 Å². The molecule has 0 spiro atoms. The number of H-pyrrole nitrogens is 4. The third kappa shape index (κ3) is 22.9. The Balaban J connectivity index is 0.000000128. The van der Waals surface area contributed by atoms with Gasteiger partial charge in [-0.15, -0.1) is 0 Å². The predicted octanol–water partition coefficient (Wildman–Crippen LogP) is 15.8. The third-order valence-electron chi connectivity index (χ3n) is 22.5. The van der Waals surface area contributed by atoms with Crippen molar-refractivity contribution in [2.75, 3.05) is 122 Å². The van der Waals surface area contributed by atoms with Gasteiger partial charge in [0.15, 0.2) is 0 Å². The number of likely N-dealkylation sites (tertiary alicyclic amines) is 1. The van der Waals surface area contributed by atoms with E-state index in [9.17, 15) is 19.2 Å². The minimum atomic E-state index is -0.0993. The average Bonchev–Trinajstić information content (AvgIpc) is 1.66. The van der Waals surface area contributed by atoms with Crippen LogP contribution < -0.4 is 21.3 Å². The molecule has 2 saturated heterocycles. The van der Waals surface area contributed by atoms with Crippen molar-refractivity contribution in [2.45, 2.75) is 45.3 Å². The van der Waals surface area contributed by atoms with Crippen LogP contribution in [0, 0.1) is 0 Å². The second-order valence-electron chi connectivity index (χ2n) is 32.0. The fourth-order valence-corrected chi connectivity index (χ4v) is 15.4. The average molecular weight is 1770 g/mol. The quantitative estimate of drug-likeness (QED) is 0.0250. The molecule has 4 amide bonds. The van der Waals surface area contributed by atoms with Crippen LogP contribution in [0.3, 0.4) is 0 Å². The van der Waals surface area contributed by atoms with Crippen molar-refractivity contribution < 1.29 is 28.7 Å². The van der Waals surface area contributed by atoms with Crippen LogP contribution >= 0.6 is 0 Å². The molecule has 4 aromatic carbocycles. The molecule has 0 unspecified atom stereocenters. The number of rotatable bonds is 26. The van der Waals surface area contributed by atoms with E-state index in [1.165, 1.54) is 0 Å². The lowest BCUT2D eigenvalue weighted by atomic mass is 10.0. The number of carbonyl (C=O) groups is 4. The molecule has 2 aliphatic rings. The summed E-state index contributed by atoms with van der Waals surface area (Å²) in [5, 5.41) is 16.7. The van der Waals surface area contributed by atoms with Gasteiger partial charge in [0.1, 0.15) is 22.8 Å². The highest BCUT2D eigenvalue weighted by Gasteiger charge is 2.28. The number of hydrogen-bond acceptors (Lipinski definition) is 25. The summed E-state index contributed by atoms with van der Waals surface area (Å²) in [5.74, 6) is 1.84. The lowest BCUT2D eigenvalue weighted by Crippen LogP contribution is -2.50. The number of pyridine rings is 5. The van der Waals surface area contributed by atoms with E-state index >= 15 is 0 Å². The number of hydrogen-bond donors (Lipinski definition) is 8. The Morgan fingerprint density at radius 3 is 1.03 bits per heavy atom. The lowest BCUT2D eigenvalue weighted by molar-refractivity contribution is 0.0589. The summed E-state index contributed by atoms with van der Waals surface area (Å²) in [7, 11) is 9.20. The lowest BCUT2D eigenvalue weighted by Gasteiger charge is -2.36. The normalized spacial score (nSPS) is 12.8. The van der Waals surface area contributed by atoms with Crippen LogP contribution in [0.4, 0.5) is 46.5 Å². The first-order valence-electron chi connectivity index (χ1n) is 43.5. The van der Waals surface area contributed by atoms with Crippen LogP contribution in [0.2, 0.25) is 0 Å². The van der Waals surface area contributed by atoms with Gasteiger partial charge in [-0.3, -0.25) is 49.0 Å². The first kappa shape index (κ1) is 89.4. The first-order valence-corrected chi connectivity index (χ1v) is 43.5. The maximum atomic E-state index is 13.0. The highest BCUT2D eigenvalue weighted by atomic mass is 16.5. The van der Waals surface area contributed by atoms with E-state index in [1.54, 1.807) is 86.8 Å². The number of amides is 4. The maximum Gasteiger partial charge on any atom is 0.270 e. The number of methoxy groups -OCH3 is 2. The summed E-state index contributed by atoms with van der Waals surface area (Å²) in [6, 6.07) is 67.8. The van der Waals surface area contributed by atoms with E-state index in [-0.39, 0.29) is 23.6 Å². The van der Waals surface area contributed by atoms with Crippen LogP contribution in [0.5, 0.6) is 0 Å². The van der Waals surface area contributed by atoms with Gasteiger partial charge >= 0.3 is 0 Å². The highest BCUT2D eigenvalue weighted by molar-refractivity contribution is 6.02. The largest absolute Gasteiger partial charge is 0.383 e. The Labute approximate surface area is 762 Å². The van der Waals surface area contributed by atoms with Gasteiger partial charge in [-0.05, 0) is 223 Å². The molecule has 13 aromatic heterocycles. The molecule has 132 heavy (non-hydrogen) atoms. The Morgan fingerprint density at radius 1 is 0.371 bits per heavy atom. The molecule has 2 fully saturated rings. The number of aromatic nitrogens is 17. The Kier molecular flexibility index (Phi) is 29.0. The summed E-state index contributed by atoms with van der Waals surface area (Å²) in [5.41, 5.74) is 16.2. The van der Waals surface area contributed by atoms with Gasteiger partial charge < -0.3 is 75.2 Å². The summed E-state index contributed by atoms with van der Waals surface area (Å²) >= 11 is 0. The van der Waals surface area contributed by atoms with E-state index < -0.39 is 0 Å². The van der Waals surface area contributed by atoms with E-state index in [4.69, 9.17) is 9.47 Å². The van der Waals surface area contributed by atoms with Crippen molar-refractivity contribution >= 4 is 114 Å². The van der Waals surface area contributed by atoms with Crippen molar-refractivity contribution in [1.29, 1.82) is 0 Å². The summed E-state index contributed by atoms with van der Waals surface area (Å²) in [4.78, 5) is 134. The molecular weight excluding hydrogens is 1660 g/mol. The van der Waals surface area contributed by atoms with E-state index in [0.29, 0.717) is 91.5 Å². The van der Waals surface area contributed by atoms with Gasteiger partial charge in [-0.1, -0.05) is 30.3 Å². The number of fused-ring (bicyclic) bond motifs is 4. The predicted molar refractivity (Wildman–Crippen MR) is 512 cm³/mol. The first-order chi connectivity index (χ1) is 64.5. The minimum Gasteiger partial charge on any atom is -0.383 e. The molecule has 668 valence electrons. The van der Waals surface area contributed by atoms with Crippen LogP contribution in [-0.2, 0) is 16.0 Å². The van der Waals surface area contributed by atoms with Crippen molar-refractivity contribution in [1.82, 2.24) is 114 Å². The smallest absolute Gasteiger partial charge is 0.270 e. The molecule has 8 N–H and O–H groups in total. The summed E-state index contributed by atoms with van der Waals surface area (Å²) < 4.78 is 10.3.